The maximum absolute atomic E-state index is 11.8. The molecule has 28 heavy (non-hydrogen) atoms. The highest BCUT2D eigenvalue weighted by Crippen LogP contribution is 2.22. The van der Waals surface area contributed by atoms with Crippen molar-refractivity contribution >= 4 is 5.97 Å². The van der Waals surface area contributed by atoms with Crippen LogP contribution in [0.15, 0.2) is 35.5 Å². The van der Waals surface area contributed by atoms with Crippen LogP contribution in [-0.4, -0.2) is 12.6 Å². The second kappa shape index (κ2) is 14.7. The molecule has 0 bridgehead atoms. The van der Waals surface area contributed by atoms with Crippen LogP contribution in [0.3, 0.4) is 0 Å². The Kier molecular flexibility index (Phi) is 12.9. The number of hydrogen-bond donors (Lipinski definition) is 0. The first kappa shape index (κ1) is 24.7. The molecule has 2 unspecified atom stereocenters. The second-order valence-corrected chi connectivity index (χ2v) is 9.33. The van der Waals surface area contributed by atoms with E-state index in [-0.39, 0.29) is 5.97 Å². The highest BCUT2D eigenvalue weighted by atomic mass is 16.5. The predicted molar refractivity (Wildman–Crippen MR) is 121 cm³/mol. The van der Waals surface area contributed by atoms with Gasteiger partial charge in [0.25, 0.3) is 0 Å². The first-order valence-electron chi connectivity index (χ1n) is 11.6. The highest BCUT2D eigenvalue weighted by molar-refractivity contribution is 5.89. The average molecular weight is 389 g/mol. The van der Waals surface area contributed by atoms with Crippen LogP contribution in [0.25, 0.3) is 0 Å². The molecule has 0 aromatic rings. The standard InChI is InChI=1S/C26H44O2/c1-21(2)11-8-12-22(3)13-9-14-23(4)15-10-16-24(5)19-20-28-26(27)25-17-6-7-18-25/h6-7,17,19,21-23H,8-16,18,20H2,1-5H3. The van der Waals surface area contributed by atoms with Gasteiger partial charge in [0.1, 0.15) is 6.61 Å². The van der Waals surface area contributed by atoms with Crippen molar-refractivity contribution in [2.75, 3.05) is 6.61 Å². The van der Waals surface area contributed by atoms with Crippen LogP contribution in [0.5, 0.6) is 0 Å². The van der Waals surface area contributed by atoms with Crippen molar-refractivity contribution in [1.29, 1.82) is 0 Å². The molecule has 160 valence electrons. The van der Waals surface area contributed by atoms with Gasteiger partial charge in [-0.05, 0) is 50.0 Å². The molecular weight excluding hydrogens is 344 g/mol. The molecule has 2 nitrogen and oxygen atoms in total. The van der Waals surface area contributed by atoms with Crippen LogP contribution < -0.4 is 0 Å². The summed E-state index contributed by atoms with van der Waals surface area (Å²) in [4.78, 5) is 11.8. The number of carbonyl (C=O) groups excluding carboxylic acids is 1. The van der Waals surface area contributed by atoms with E-state index < -0.39 is 0 Å². The van der Waals surface area contributed by atoms with Crippen LogP contribution >= 0.6 is 0 Å². The first-order chi connectivity index (χ1) is 13.4. The van der Waals surface area contributed by atoms with Gasteiger partial charge in [0.15, 0.2) is 0 Å². The van der Waals surface area contributed by atoms with Crippen molar-refractivity contribution in [2.24, 2.45) is 17.8 Å². The molecule has 2 atom stereocenters. The largest absolute Gasteiger partial charge is 0.458 e. The van der Waals surface area contributed by atoms with Crippen LogP contribution in [0.1, 0.15) is 98.8 Å². The average Bonchev–Trinajstić information content (AvgIpc) is 3.16. The molecule has 0 heterocycles. The summed E-state index contributed by atoms with van der Waals surface area (Å²) >= 11 is 0. The van der Waals surface area contributed by atoms with Gasteiger partial charge in [0, 0.05) is 5.57 Å². The van der Waals surface area contributed by atoms with Gasteiger partial charge < -0.3 is 4.74 Å². The molecule has 0 spiro atoms. The minimum atomic E-state index is -0.180. The van der Waals surface area contributed by atoms with Crippen molar-refractivity contribution in [1.82, 2.24) is 0 Å². The quantitative estimate of drug-likeness (QED) is 0.211. The summed E-state index contributed by atoms with van der Waals surface area (Å²) < 4.78 is 5.32. The fourth-order valence-electron chi connectivity index (χ4n) is 3.76. The molecule has 0 saturated carbocycles. The van der Waals surface area contributed by atoms with Crippen molar-refractivity contribution in [2.45, 2.75) is 98.8 Å². The monoisotopic (exact) mass is 388 g/mol. The summed E-state index contributed by atoms with van der Waals surface area (Å²) in [5, 5.41) is 0. The molecule has 0 aliphatic heterocycles. The summed E-state index contributed by atoms with van der Waals surface area (Å²) in [7, 11) is 0. The van der Waals surface area contributed by atoms with E-state index in [1.165, 1.54) is 56.9 Å². The zero-order valence-corrected chi connectivity index (χ0v) is 19.1. The minimum Gasteiger partial charge on any atom is -0.458 e. The molecule has 0 N–H and O–H groups in total. The normalized spacial score (nSPS) is 16.4. The molecular formula is C26H44O2. The summed E-state index contributed by atoms with van der Waals surface area (Å²) in [6, 6.07) is 0. The van der Waals surface area contributed by atoms with Gasteiger partial charge in [-0.2, -0.15) is 0 Å². The van der Waals surface area contributed by atoms with E-state index in [1.807, 2.05) is 18.2 Å². The zero-order chi connectivity index (χ0) is 20.8. The zero-order valence-electron chi connectivity index (χ0n) is 19.1. The lowest BCUT2D eigenvalue weighted by Gasteiger charge is -2.15. The Morgan fingerprint density at radius 1 is 1.00 bits per heavy atom. The number of esters is 1. The van der Waals surface area contributed by atoms with Crippen molar-refractivity contribution in [3.05, 3.63) is 35.5 Å². The second-order valence-electron chi connectivity index (χ2n) is 9.33. The number of ether oxygens (including phenoxy) is 1. The summed E-state index contributed by atoms with van der Waals surface area (Å²) in [6.07, 6.45) is 20.4. The van der Waals surface area contributed by atoms with E-state index in [4.69, 9.17) is 4.74 Å². The predicted octanol–water partition coefficient (Wildman–Crippen LogP) is 7.80. The Morgan fingerprint density at radius 3 is 2.18 bits per heavy atom. The molecule has 0 aromatic carbocycles. The molecule has 0 aromatic heterocycles. The van der Waals surface area contributed by atoms with Crippen LogP contribution in [-0.2, 0) is 9.53 Å². The number of hydrogen-bond acceptors (Lipinski definition) is 2. The van der Waals surface area contributed by atoms with Crippen LogP contribution in [0, 0.1) is 17.8 Å². The first-order valence-corrected chi connectivity index (χ1v) is 11.6. The van der Waals surface area contributed by atoms with Crippen molar-refractivity contribution in [3.8, 4) is 0 Å². The maximum Gasteiger partial charge on any atom is 0.334 e. The summed E-state index contributed by atoms with van der Waals surface area (Å²) in [5.41, 5.74) is 2.09. The molecule has 0 radical (unpaired) electrons. The Hall–Kier alpha value is -1.31. The molecule has 0 saturated heterocycles. The third kappa shape index (κ3) is 12.2. The van der Waals surface area contributed by atoms with Gasteiger partial charge >= 0.3 is 5.97 Å². The van der Waals surface area contributed by atoms with Crippen molar-refractivity contribution < 1.29 is 9.53 Å². The molecule has 1 aliphatic rings. The molecule has 1 aliphatic carbocycles. The van der Waals surface area contributed by atoms with Crippen molar-refractivity contribution in [3.63, 3.8) is 0 Å². The third-order valence-corrected chi connectivity index (χ3v) is 5.82. The molecule has 1 rings (SSSR count). The third-order valence-electron chi connectivity index (χ3n) is 5.82. The van der Waals surface area contributed by atoms with E-state index in [0.29, 0.717) is 13.0 Å². The van der Waals surface area contributed by atoms with E-state index in [2.05, 4.69) is 40.7 Å². The number of allylic oxidation sites excluding steroid dienone is 4. The number of rotatable bonds is 15. The molecule has 2 heteroatoms. The molecule has 0 fully saturated rings. The maximum atomic E-state index is 11.8. The Morgan fingerprint density at radius 2 is 1.61 bits per heavy atom. The fraction of sp³-hybridized carbons (Fsp3) is 0.731. The topological polar surface area (TPSA) is 26.3 Å². The van der Waals surface area contributed by atoms with Gasteiger partial charge in [-0.25, -0.2) is 4.79 Å². The van der Waals surface area contributed by atoms with Gasteiger partial charge in [0.05, 0.1) is 0 Å². The minimum absolute atomic E-state index is 0.180. The summed E-state index contributed by atoms with van der Waals surface area (Å²) in [6.45, 7) is 12.0. The number of carbonyl (C=O) groups is 1. The van der Waals surface area contributed by atoms with E-state index in [9.17, 15) is 4.79 Å². The van der Waals surface area contributed by atoms with E-state index in [1.54, 1.807) is 0 Å². The van der Waals surface area contributed by atoms with E-state index >= 15 is 0 Å². The van der Waals surface area contributed by atoms with E-state index in [0.717, 1.165) is 29.7 Å². The lowest BCUT2D eigenvalue weighted by Crippen LogP contribution is -2.06. The van der Waals surface area contributed by atoms with Gasteiger partial charge in [-0.15, -0.1) is 0 Å². The highest BCUT2D eigenvalue weighted by Gasteiger charge is 2.10. The summed E-state index contributed by atoms with van der Waals surface area (Å²) in [5.74, 6) is 2.37. The Labute approximate surface area is 174 Å². The van der Waals surface area contributed by atoms with Gasteiger partial charge in [0.2, 0.25) is 0 Å². The Bertz CT molecular complexity index is 525. The SMILES string of the molecule is CC(=CCOC(=O)C1=CC=CC1)CCCC(C)CCCC(C)CCCC(C)C. The van der Waals surface area contributed by atoms with Gasteiger partial charge in [-0.3, -0.25) is 0 Å². The Balaban J connectivity index is 2.03. The van der Waals surface area contributed by atoms with Gasteiger partial charge in [-0.1, -0.05) is 96.4 Å². The smallest absolute Gasteiger partial charge is 0.334 e. The molecule has 0 amide bonds. The lowest BCUT2D eigenvalue weighted by atomic mass is 9.91. The van der Waals surface area contributed by atoms with Crippen LogP contribution in [0.2, 0.25) is 0 Å². The fourth-order valence-corrected chi connectivity index (χ4v) is 3.76. The van der Waals surface area contributed by atoms with Crippen LogP contribution in [0.4, 0.5) is 0 Å². The lowest BCUT2D eigenvalue weighted by molar-refractivity contribution is -0.137.